The molecule has 2 aromatic carbocycles. The van der Waals surface area contributed by atoms with E-state index in [1.807, 2.05) is 24.5 Å². The van der Waals surface area contributed by atoms with Crippen LogP contribution in [-0.2, 0) is 12.0 Å². The van der Waals surface area contributed by atoms with Gasteiger partial charge in [-0.3, -0.25) is 4.98 Å². The highest BCUT2D eigenvalue weighted by atomic mass is 35.5. The summed E-state index contributed by atoms with van der Waals surface area (Å²) in [6.45, 7) is 13.6. The Kier molecular flexibility index (Phi) is 8.12. The average Bonchev–Trinajstić information content (AvgIpc) is 2.59. The predicted octanol–water partition coefficient (Wildman–Crippen LogP) is 6.64. The summed E-state index contributed by atoms with van der Waals surface area (Å²) in [5.41, 5.74) is 3.89. The van der Waals surface area contributed by atoms with E-state index in [4.69, 9.17) is 0 Å². The second kappa shape index (κ2) is 9.34. The number of nitrogens with zero attached hydrogens (tertiary/aromatic N) is 1. The molecule has 3 nitrogen and oxygen atoms in total. The van der Waals surface area contributed by atoms with Gasteiger partial charge in [-0.05, 0) is 43.2 Å². The van der Waals surface area contributed by atoms with Gasteiger partial charge in [0.25, 0.3) is 0 Å². The van der Waals surface area contributed by atoms with Gasteiger partial charge >= 0.3 is 0 Å². The SMILES string of the molecule is CC(C)(C)NCc1cc(C(C)(C)C)cc(-c2cncc3ccccc23)c1O.Cl.Cl. The van der Waals surface area contributed by atoms with Crippen LogP contribution in [0, 0.1) is 0 Å². The number of aromatic nitrogens is 1. The molecular weight excluding hydrogens is 403 g/mol. The third-order valence-electron chi connectivity index (χ3n) is 4.82. The molecule has 0 saturated heterocycles. The molecule has 0 aliphatic heterocycles. The normalized spacial score (nSPS) is 11.7. The van der Waals surface area contributed by atoms with Crippen molar-refractivity contribution in [1.82, 2.24) is 10.3 Å². The lowest BCUT2D eigenvalue weighted by molar-refractivity contribution is 0.411. The largest absolute Gasteiger partial charge is 0.507 e. The van der Waals surface area contributed by atoms with Crippen LogP contribution in [-0.4, -0.2) is 15.6 Å². The third-order valence-corrected chi connectivity index (χ3v) is 4.82. The van der Waals surface area contributed by atoms with Crippen molar-refractivity contribution in [2.24, 2.45) is 0 Å². The van der Waals surface area contributed by atoms with E-state index >= 15 is 0 Å². The molecule has 1 heterocycles. The maximum Gasteiger partial charge on any atom is 0.127 e. The summed E-state index contributed by atoms with van der Waals surface area (Å²) >= 11 is 0. The lowest BCUT2D eigenvalue weighted by Gasteiger charge is -2.25. The highest BCUT2D eigenvalue weighted by Gasteiger charge is 2.21. The molecular formula is C24H32Cl2N2O. The van der Waals surface area contributed by atoms with E-state index in [1.165, 1.54) is 5.56 Å². The fourth-order valence-corrected chi connectivity index (χ4v) is 3.16. The fraction of sp³-hybridized carbons (Fsp3) is 0.375. The van der Waals surface area contributed by atoms with Crippen molar-refractivity contribution < 1.29 is 5.11 Å². The molecule has 3 aromatic rings. The van der Waals surface area contributed by atoms with Crippen LogP contribution in [0.1, 0.15) is 52.7 Å². The van der Waals surface area contributed by atoms with Crippen molar-refractivity contribution in [3.63, 3.8) is 0 Å². The molecule has 3 rings (SSSR count). The number of benzene rings is 2. The fourth-order valence-electron chi connectivity index (χ4n) is 3.16. The van der Waals surface area contributed by atoms with E-state index < -0.39 is 0 Å². The minimum atomic E-state index is -0.0225. The number of hydrogen-bond donors (Lipinski definition) is 2. The van der Waals surface area contributed by atoms with Gasteiger partial charge in [0, 0.05) is 46.6 Å². The monoisotopic (exact) mass is 434 g/mol. The second-order valence-electron chi connectivity index (χ2n) is 9.29. The number of fused-ring (bicyclic) bond motifs is 1. The molecule has 0 saturated carbocycles. The highest BCUT2D eigenvalue weighted by Crippen LogP contribution is 2.39. The Morgan fingerprint density at radius 2 is 1.55 bits per heavy atom. The van der Waals surface area contributed by atoms with Crippen LogP contribution >= 0.6 is 24.8 Å². The summed E-state index contributed by atoms with van der Waals surface area (Å²) < 4.78 is 0. The standard InChI is InChI=1S/C24H30N2O.2ClH/c1-23(2,3)18-11-17(14-26-24(4,5)6)22(27)20(12-18)21-15-25-13-16-9-7-8-10-19(16)21;;/h7-13,15,26-27H,14H2,1-6H3;2*1H. The van der Waals surface area contributed by atoms with Gasteiger partial charge in [0.2, 0.25) is 0 Å². The van der Waals surface area contributed by atoms with E-state index in [2.05, 4.69) is 76.1 Å². The molecule has 29 heavy (non-hydrogen) atoms. The number of rotatable bonds is 3. The van der Waals surface area contributed by atoms with Crippen molar-refractivity contribution in [2.75, 3.05) is 0 Å². The Balaban J connectivity index is 0.00000210. The van der Waals surface area contributed by atoms with Crippen LogP contribution in [0.5, 0.6) is 5.75 Å². The molecule has 2 N–H and O–H groups in total. The zero-order valence-electron chi connectivity index (χ0n) is 18.0. The Morgan fingerprint density at radius 1 is 0.897 bits per heavy atom. The van der Waals surface area contributed by atoms with Crippen molar-refractivity contribution in [1.29, 1.82) is 0 Å². The van der Waals surface area contributed by atoms with E-state index in [-0.39, 0.29) is 35.8 Å². The summed E-state index contributed by atoms with van der Waals surface area (Å²) in [4.78, 5) is 4.41. The van der Waals surface area contributed by atoms with Crippen LogP contribution in [0.25, 0.3) is 21.9 Å². The van der Waals surface area contributed by atoms with Gasteiger partial charge < -0.3 is 10.4 Å². The molecule has 0 fully saturated rings. The Labute approximate surface area is 186 Å². The van der Waals surface area contributed by atoms with Gasteiger partial charge in [0.05, 0.1) is 0 Å². The van der Waals surface area contributed by atoms with Gasteiger partial charge in [-0.15, -0.1) is 24.8 Å². The molecule has 0 aliphatic rings. The van der Waals surface area contributed by atoms with Gasteiger partial charge in [0.15, 0.2) is 0 Å². The smallest absolute Gasteiger partial charge is 0.127 e. The van der Waals surface area contributed by atoms with Gasteiger partial charge in [-0.1, -0.05) is 51.1 Å². The molecule has 5 heteroatoms. The summed E-state index contributed by atoms with van der Waals surface area (Å²) in [6, 6.07) is 12.4. The summed E-state index contributed by atoms with van der Waals surface area (Å²) in [6.07, 6.45) is 3.72. The number of halogens is 2. The van der Waals surface area contributed by atoms with Crippen LogP contribution in [0.15, 0.2) is 48.8 Å². The van der Waals surface area contributed by atoms with E-state index in [9.17, 15) is 5.11 Å². The number of phenols is 1. The van der Waals surface area contributed by atoms with Crippen LogP contribution in [0.4, 0.5) is 0 Å². The number of hydrogen-bond acceptors (Lipinski definition) is 3. The van der Waals surface area contributed by atoms with Crippen LogP contribution in [0.3, 0.4) is 0 Å². The van der Waals surface area contributed by atoms with Crippen LogP contribution in [0.2, 0.25) is 0 Å². The van der Waals surface area contributed by atoms with Crippen molar-refractivity contribution in [3.05, 3.63) is 59.9 Å². The topological polar surface area (TPSA) is 45.2 Å². The maximum atomic E-state index is 11.1. The summed E-state index contributed by atoms with van der Waals surface area (Å²) in [5, 5.41) is 16.8. The molecule has 0 radical (unpaired) electrons. The van der Waals surface area contributed by atoms with E-state index in [1.54, 1.807) is 0 Å². The third kappa shape index (κ3) is 5.85. The lowest BCUT2D eigenvalue weighted by Crippen LogP contribution is -2.35. The molecule has 0 atom stereocenters. The first kappa shape index (κ1) is 25.2. The van der Waals surface area contributed by atoms with E-state index in [0.717, 1.165) is 27.5 Å². The van der Waals surface area contributed by atoms with Gasteiger partial charge in [0.1, 0.15) is 5.75 Å². The molecule has 158 valence electrons. The summed E-state index contributed by atoms with van der Waals surface area (Å²) in [7, 11) is 0. The highest BCUT2D eigenvalue weighted by molar-refractivity contribution is 5.97. The molecule has 1 aromatic heterocycles. The zero-order valence-corrected chi connectivity index (χ0v) is 19.7. The second-order valence-corrected chi connectivity index (χ2v) is 9.29. The predicted molar refractivity (Wildman–Crippen MR) is 129 cm³/mol. The van der Waals surface area contributed by atoms with Gasteiger partial charge in [-0.2, -0.15) is 0 Å². The minimum absolute atomic E-state index is 0. The van der Waals surface area contributed by atoms with Gasteiger partial charge in [-0.25, -0.2) is 0 Å². The Morgan fingerprint density at radius 3 is 2.17 bits per heavy atom. The first-order valence-electron chi connectivity index (χ1n) is 9.51. The number of aromatic hydroxyl groups is 1. The minimum Gasteiger partial charge on any atom is -0.507 e. The van der Waals surface area contributed by atoms with Crippen molar-refractivity contribution in [2.45, 2.75) is 59.0 Å². The zero-order chi connectivity index (χ0) is 19.8. The first-order valence-corrected chi connectivity index (χ1v) is 9.51. The quantitative estimate of drug-likeness (QED) is 0.485. The first-order chi connectivity index (χ1) is 12.6. The maximum absolute atomic E-state index is 11.1. The number of nitrogens with one attached hydrogen (secondary N) is 1. The number of pyridine rings is 1. The van der Waals surface area contributed by atoms with E-state index in [0.29, 0.717) is 12.3 Å². The van der Waals surface area contributed by atoms with Crippen LogP contribution < -0.4 is 5.32 Å². The molecule has 0 aliphatic carbocycles. The molecule has 0 bridgehead atoms. The lowest BCUT2D eigenvalue weighted by atomic mass is 9.83. The molecule has 0 amide bonds. The average molecular weight is 435 g/mol. The Bertz CT molecular complexity index is 968. The van der Waals surface area contributed by atoms with Crippen molar-refractivity contribution >= 4 is 35.6 Å². The molecule has 0 unspecified atom stereocenters. The Hall–Kier alpha value is -1.81. The molecule has 0 spiro atoms. The number of phenolic OH excluding ortho intramolecular Hbond substituents is 1. The summed E-state index contributed by atoms with van der Waals surface area (Å²) in [5.74, 6) is 0.331. The van der Waals surface area contributed by atoms with Crippen molar-refractivity contribution in [3.8, 4) is 16.9 Å².